The highest BCUT2D eigenvalue weighted by molar-refractivity contribution is 7.89. The Balaban J connectivity index is 1.90. The fourth-order valence-electron chi connectivity index (χ4n) is 4.95. The maximum atomic E-state index is 13.6. The van der Waals surface area contributed by atoms with Crippen LogP contribution in [0.15, 0.2) is 82.4 Å². The molecular weight excluding hydrogens is 550 g/mol. The van der Waals surface area contributed by atoms with Gasteiger partial charge in [0.1, 0.15) is 17.3 Å². The largest absolute Gasteiger partial charge is 0.274 e. The molecule has 1 aliphatic heterocycles. The number of imide groups is 1. The summed E-state index contributed by atoms with van der Waals surface area (Å²) in [5.41, 5.74) is 2.77. The highest BCUT2D eigenvalue weighted by atomic mass is 32.2. The number of hydrogen-bond acceptors (Lipinski definition) is 6. The molecule has 4 rings (SSSR count). The van der Waals surface area contributed by atoms with Crippen LogP contribution >= 0.6 is 0 Å². The molecule has 0 unspecified atom stereocenters. The monoisotopic (exact) mass is 585 g/mol. The number of nitrogens with zero attached hydrogens (tertiary/aromatic N) is 5. The summed E-state index contributed by atoms with van der Waals surface area (Å²) < 4.78 is 29.7. The quantitative estimate of drug-likeness (QED) is 0.170. The molecule has 9 nitrogen and oxygen atoms in total. The Labute approximate surface area is 247 Å². The molecule has 0 aliphatic carbocycles. The molecule has 0 fully saturated rings. The molecule has 42 heavy (non-hydrogen) atoms. The molecule has 0 spiro atoms. The van der Waals surface area contributed by atoms with Crippen LogP contribution in [0, 0.1) is 11.3 Å². The Bertz CT molecular complexity index is 1690. The Morgan fingerprint density at radius 3 is 2.33 bits per heavy atom. The number of carbonyl (C=O) groups excluding carboxylic acids is 2. The van der Waals surface area contributed by atoms with Gasteiger partial charge in [0.25, 0.3) is 11.8 Å². The van der Waals surface area contributed by atoms with Crippen LogP contribution in [-0.4, -0.2) is 58.9 Å². The van der Waals surface area contributed by atoms with Gasteiger partial charge in [0.15, 0.2) is 0 Å². The van der Waals surface area contributed by atoms with Crippen molar-refractivity contribution in [3.05, 3.63) is 83.1 Å². The number of aromatic nitrogens is 2. The number of hydrogen-bond donors (Lipinski definition) is 0. The van der Waals surface area contributed by atoms with Crippen molar-refractivity contribution in [2.45, 2.75) is 51.9 Å². The van der Waals surface area contributed by atoms with Gasteiger partial charge in [-0.15, -0.1) is 0 Å². The summed E-state index contributed by atoms with van der Waals surface area (Å²) in [5.74, 6) is -1.05. The van der Waals surface area contributed by atoms with Crippen molar-refractivity contribution in [1.82, 2.24) is 19.0 Å². The second-order valence-corrected chi connectivity index (χ2v) is 11.9. The van der Waals surface area contributed by atoms with Gasteiger partial charge in [-0.2, -0.15) is 14.7 Å². The van der Waals surface area contributed by atoms with E-state index in [4.69, 9.17) is 5.10 Å². The number of benzene rings is 2. The summed E-state index contributed by atoms with van der Waals surface area (Å²) >= 11 is 0. The average molecular weight is 586 g/mol. The van der Waals surface area contributed by atoms with Crippen LogP contribution in [0.4, 0.5) is 0 Å². The second-order valence-electron chi connectivity index (χ2n) is 9.97. The first kappa shape index (κ1) is 30.6. The first-order chi connectivity index (χ1) is 20.2. The Kier molecular flexibility index (Phi) is 9.55. The van der Waals surface area contributed by atoms with Crippen LogP contribution in [0.5, 0.6) is 0 Å². The minimum absolute atomic E-state index is 0.0679. The van der Waals surface area contributed by atoms with Gasteiger partial charge in [-0.1, -0.05) is 63.9 Å². The molecule has 2 aromatic carbocycles. The van der Waals surface area contributed by atoms with E-state index in [9.17, 15) is 23.3 Å². The normalized spacial score (nSPS) is 15.1. The summed E-state index contributed by atoms with van der Waals surface area (Å²) in [4.78, 5) is 27.9. The first-order valence-electron chi connectivity index (χ1n) is 14.1. The number of rotatable bonds is 11. The molecule has 0 radical (unpaired) electrons. The van der Waals surface area contributed by atoms with E-state index in [0.717, 1.165) is 23.4 Å². The Morgan fingerprint density at radius 1 is 0.976 bits per heavy atom. The van der Waals surface area contributed by atoms with Crippen LogP contribution in [0.25, 0.3) is 23.0 Å². The lowest BCUT2D eigenvalue weighted by atomic mass is 9.93. The number of unbranched alkanes of at least 4 members (excludes halogenated alkanes) is 2. The lowest BCUT2D eigenvalue weighted by Crippen LogP contribution is -2.43. The van der Waals surface area contributed by atoms with E-state index in [1.807, 2.05) is 43.3 Å². The van der Waals surface area contributed by atoms with Gasteiger partial charge in [0.2, 0.25) is 10.0 Å². The van der Waals surface area contributed by atoms with E-state index >= 15 is 0 Å². The lowest BCUT2D eigenvalue weighted by molar-refractivity contribution is -0.140. The van der Waals surface area contributed by atoms with Crippen LogP contribution < -0.4 is 0 Å². The second kappa shape index (κ2) is 13.1. The topological polar surface area (TPSA) is 116 Å². The average Bonchev–Trinajstić information content (AvgIpc) is 3.42. The van der Waals surface area contributed by atoms with Gasteiger partial charge in [-0.05, 0) is 49.3 Å². The van der Waals surface area contributed by atoms with Gasteiger partial charge >= 0.3 is 0 Å². The summed E-state index contributed by atoms with van der Waals surface area (Å²) in [6.45, 7) is 8.12. The lowest BCUT2D eigenvalue weighted by Gasteiger charge is -2.27. The summed E-state index contributed by atoms with van der Waals surface area (Å²) in [6, 6.07) is 18.0. The zero-order chi connectivity index (χ0) is 30.4. The predicted molar refractivity (Wildman–Crippen MR) is 162 cm³/mol. The van der Waals surface area contributed by atoms with Crippen LogP contribution in [-0.2, 0) is 19.6 Å². The number of amides is 2. The zero-order valence-corrected chi connectivity index (χ0v) is 25.2. The molecule has 10 heteroatoms. The summed E-state index contributed by atoms with van der Waals surface area (Å²) in [7, 11) is -3.73. The van der Waals surface area contributed by atoms with E-state index in [2.05, 4.69) is 0 Å². The van der Waals surface area contributed by atoms with Crippen molar-refractivity contribution in [3.8, 4) is 23.0 Å². The Hall–Kier alpha value is -4.33. The molecule has 0 bridgehead atoms. The highest BCUT2D eigenvalue weighted by Crippen LogP contribution is 2.32. The van der Waals surface area contributed by atoms with Crippen molar-refractivity contribution in [2.75, 3.05) is 19.6 Å². The van der Waals surface area contributed by atoms with Crippen molar-refractivity contribution in [3.63, 3.8) is 0 Å². The molecule has 218 valence electrons. The molecular formula is C32H35N5O4S. The highest BCUT2D eigenvalue weighted by Gasteiger charge is 2.35. The number of para-hydroxylation sites is 1. The SMILES string of the molecule is CCCCCN1C(=O)C(C#N)=C(C)/C(=C\c2cn(-c3ccccc3)nc2-c2cccc(S(=O)(=O)N(CC)CC)c2)C1=O. The van der Waals surface area contributed by atoms with Crippen molar-refractivity contribution in [2.24, 2.45) is 0 Å². The van der Waals surface area contributed by atoms with Gasteiger partial charge in [0, 0.05) is 42.5 Å². The molecule has 3 aromatic rings. The van der Waals surface area contributed by atoms with E-state index in [1.54, 1.807) is 62.0 Å². The maximum absolute atomic E-state index is 13.6. The fourth-order valence-corrected chi connectivity index (χ4v) is 6.46. The first-order valence-corrected chi connectivity index (χ1v) is 15.6. The third-order valence-corrected chi connectivity index (χ3v) is 9.37. The number of nitriles is 1. The third-order valence-electron chi connectivity index (χ3n) is 7.32. The van der Waals surface area contributed by atoms with Gasteiger partial charge in [0.05, 0.1) is 10.6 Å². The van der Waals surface area contributed by atoms with Gasteiger partial charge in [-0.3, -0.25) is 14.5 Å². The predicted octanol–water partition coefficient (Wildman–Crippen LogP) is 5.35. The molecule has 0 atom stereocenters. The van der Waals surface area contributed by atoms with E-state index in [1.165, 1.54) is 4.31 Å². The molecule has 0 saturated heterocycles. The van der Waals surface area contributed by atoms with Crippen LogP contribution in [0.2, 0.25) is 0 Å². The van der Waals surface area contributed by atoms with Crippen molar-refractivity contribution < 1.29 is 18.0 Å². The van der Waals surface area contributed by atoms with Crippen LogP contribution in [0.1, 0.15) is 52.5 Å². The fraction of sp³-hybridized carbons (Fsp3) is 0.312. The molecule has 0 N–H and O–H groups in total. The van der Waals surface area contributed by atoms with Crippen LogP contribution in [0.3, 0.4) is 0 Å². The zero-order valence-electron chi connectivity index (χ0n) is 24.4. The van der Waals surface area contributed by atoms with Crippen molar-refractivity contribution in [1.29, 1.82) is 5.26 Å². The van der Waals surface area contributed by atoms with Gasteiger partial charge < -0.3 is 0 Å². The number of carbonyl (C=O) groups is 2. The molecule has 2 heterocycles. The number of sulfonamides is 1. The maximum Gasteiger partial charge on any atom is 0.271 e. The smallest absolute Gasteiger partial charge is 0.271 e. The minimum Gasteiger partial charge on any atom is -0.274 e. The third kappa shape index (κ3) is 5.98. The molecule has 2 amide bonds. The van der Waals surface area contributed by atoms with Crippen molar-refractivity contribution >= 4 is 27.9 Å². The molecule has 1 aliphatic rings. The van der Waals surface area contributed by atoms with E-state index in [0.29, 0.717) is 41.9 Å². The van der Waals surface area contributed by atoms with E-state index < -0.39 is 21.8 Å². The molecule has 1 aromatic heterocycles. The molecule has 0 saturated carbocycles. The standard InChI is InChI=1S/C32H35N5O4S/c1-5-8-12-18-36-31(38)28(23(4)29(21-33)32(36)39)20-25-22-37(26-15-10-9-11-16-26)34-30(25)24-14-13-17-27(19-24)42(40,41)35(6-2)7-3/h9-11,13-17,19-20,22H,5-8,12,18H2,1-4H3/b28-20+. The van der Waals surface area contributed by atoms with E-state index in [-0.39, 0.29) is 22.6 Å². The van der Waals surface area contributed by atoms with Gasteiger partial charge in [-0.25, -0.2) is 13.1 Å². The summed E-state index contributed by atoms with van der Waals surface area (Å²) in [5, 5.41) is 14.6. The minimum atomic E-state index is -3.73. The Morgan fingerprint density at radius 2 is 1.69 bits per heavy atom. The summed E-state index contributed by atoms with van der Waals surface area (Å²) in [6.07, 6.45) is 5.81.